The first kappa shape index (κ1) is 11.7. The first-order chi connectivity index (χ1) is 7.79. The van der Waals surface area contributed by atoms with E-state index in [0.29, 0.717) is 0 Å². The molecule has 0 heterocycles. The fraction of sp³-hybridized carbons (Fsp3) is 0.625. The maximum Gasteiger partial charge on any atom is -0.0248 e. The third kappa shape index (κ3) is 2.87. The van der Waals surface area contributed by atoms with E-state index in [4.69, 9.17) is 0 Å². The largest absolute Gasteiger partial charge is 0.0613 e. The molecule has 0 bridgehead atoms. The minimum Gasteiger partial charge on any atom is -0.0613 e. The third-order valence-corrected chi connectivity index (χ3v) is 3.98. The SMILES string of the molecule is CCc1cc(C)ccc1CC1CCCCC1. The first-order valence-corrected chi connectivity index (χ1v) is 6.88. The van der Waals surface area contributed by atoms with E-state index in [9.17, 15) is 0 Å². The van der Waals surface area contributed by atoms with Gasteiger partial charge in [0, 0.05) is 0 Å². The van der Waals surface area contributed by atoms with E-state index in [1.165, 1.54) is 50.5 Å². The molecule has 0 heteroatoms. The van der Waals surface area contributed by atoms with Crippen molar-refractivity contribution in [3.05, 3.63) is 34.9 Å². The molecule has 1 aliphatic rings. The van der Waals surface area contributed by atoms with Crippen molar-refractivity contribution in [3.8, 4) is 0 Å². The topological polar surface area (TPSA) is 0 Å². The van der Waals surface area contributed by atoms with Crippen molar-refractivity contribution < 1.29 is 0 Å². The molecule has 16 heavy (non-hydrogen) atoms. The van der Waals surface area contributed by atoms with Gasteiger partial charge in [-0.25, -0.2) is 0 Å². The molecule has 0 radical (unpaired) electrons. The highest BCUT2D eigenvalue weighted by atomic mass is 14.2. The minimum atomic E-state index is 0.960. The number of rotatable bonds is 3. The molecule has 0 amide bonds. The van der Waals surface area contributed by atoms with Crippen molar-refractivity contribution in [2.75, 3.05) is 0 Å². The minimum absolute atomic E-state index is 0.960. The van der Waals surface area contributed by atoms with Gasteiger partial charge >= 0.3 is 0 Å². The molecule has 1 aromatic rings. The normalized spacial score (nSPS) is 17.6. The van der Waals surface area contributed by atoms with Crippen molar-refractivity contribution >= 4 is 0 Å². The quantitative estimate of drug-likeness (QED) is 0.688. The maximum absolute atomic E-state index is 2.37. The second-order valence-corrected chi connectivity index (χ2v) is 5.33. The summed E-state index contributed by atoms with van der Waals surface area (Å²) >= 11 is 0. The zero-order valence-electron chi connectivity index (χ0n) is 10.8. The summed E-state index contributed by atoms with van der Waals surface area (Å²) in [4.78, 5) is 0. The number of hydrogen-bond acceptors (Lipinski definition) is 0. The van der Waals surface area contributed by atoms with Crippen molar-refractivity contribution in [2.45, 2.75) is 58.8 Å². The molecule has 0 spiro atoms. The molecule has 1 aliphatic carbocycles. The molecule has 0 saturated heterocycles. The van der Waals surface area contributed by atoms with Gasteiger partial charge in [0.1, 0.15) is 0 Å². The maximum atomic E-state index is 2.37. The van der Waals surface area contributed by atoms with Gasteiger partial charge in [0.15, 0.2) is 0 Å². The predicted octanol–water partition coefficient (Wildman–Crippen LogP) is 4.68. The third-order valence-electron chi connectivity index (χ3n) is 3.98. The van der Waals surface area contributed by atoms with E-state index in [2.05, 4.69) is 32.0 Å². The lowest BCUT2D eigenvalue weighted by Crippen LogP contribution is -2.10. The second-order valence-electron chi connectivity index (χ2n) is 5.33. The molecule has 88 valence electrons. The second kappa shape index (κ2) is 5.52. The average Bonchev–Trinajstić information content (AvgIpc) is 2.33. The van der Waals surface area contributed by atoms with Crippen LogP contribution in [0, 0.1) is 12.8 Å². The summed E-state index contributed by atoms with van der Waals surface area (Å²) < 4.78 is 0. The lowest BCUT2D eigenvalue weighted by molar-refractivity contribution is 0.356. The summed E-state index contributed by atoms with van der Waals surface area (Å²) in [5, 5.41) is 0. The summed E-state index contributed by atoms with van der Waals surface area (Å²) in [6.45, 7) is 4.47. The van der Waals surface area contributed by atoms with Crippen LogP contribution in [0.3, 0.4) is 0 Å². The Morgan fingerprint density at radius 1 is 1.06 bits per heavy atom. The Bertz CT molecular complexity index is 332. The fourth-order valence-electron chi connectivity index (χ4n) is 2.99. The van der Waals surface area contributed by atoms with E-state index >= 15 is 0 Å². The highest BCUT2D eigenvalue weighted by molar-refractivity contribution is 5.31. The lowest BCUT2D eigenvalue weighted by Gasteiger charge is -2.22. The molecular weight excluding hydrogens is 192 g/mol. The van der Waals surface area contributed by atoms with E-state index in [-0.39, 0.29) is 0 Å². The van der Waals surface area contributed by atoms with Crippen LogP contribution >= 0.6 is 0 Å². The van der Waals surface area contributed by atoms with E-state index in [1.807, 2.05) is 0 Å². The Morgan fingerprint density at radius 3 is 2.50 bits per heavy atom. The summed E-state index contributed by atoms with van der Waals surface area (Å²) in [5.41, 5.74) is 4.59. The summed E-state index contributed by atoms with van der Waals surface area (Å²) in [6, 6.07) is 7.01. The molecule has 0 atom stereocenters. The van der Waals surface area contributed by atoms with E-state index < -0.39 is 0 Å². The summed E-state index contributed by atoms with van der Waals surface area (Å²) in [5.74, 6) is 0.960. The van der Waals surface area contributed by atoms with Crippen LogP contribution in [0.15, 0.2) is 18.2 Å². The number of aryl methyl sites for hydroxylation is 2. The van der Waals surface area contributed by atoms with Gasteiger partial charge in [-0.05, 0) is 36.8 Å². The van der Waals surface area contributed by atoms with Crippen molar-refractivity contribution in [2.24, 2.45) is 5.92 Å². The van der Waals surface area contributed by atoms with Gasteiger partial charge in [-0.2, -0.15) is 0 Å². The lowest BCUT2D eigenvalue weighted by atomic mass is 9.83. The highest BCUT2D eigenvalue weighted by Gasteiger charge is 2.15. The van der Waals surface area contributed by atoms with Gasteiger partial charge in [0.05, 0.1) is 0 Å². The van der Waals surface area contributed by atoms with E-state index in [1.54, 1.807) is 11.1 Å². The van der Waals surface area contributed by atoms with Crippen LogP contribution in [0.25, 0.3) is 0 Å². The van der Waals surface area contributed by atoms with Crippen LogP contribution < -0.4 is 0 Å². The van der Waals surface area contributed by atoms with Crippen LogP contribution in [-0.2, 0) is 12.8 Å². The van der Waals surface area contributed by atoms with Gasteiger partial charge < -0.3 is 0 Å². The van der Waals surface area contributed by atoms with Crippen molar-refractivity contribution in [1.82, 2.24) is 0 Å². The number of hydrogen-bond donors (Lipinski definition) is 0. The van der Waals surface area contributed by atoms with Crippen LogP contribution in [0.4, 0.5) is 0 Å². The van der Waals surface area contributed by atoms with Gasteiger partial charge in [0.2, 0.25) is 0 Å². The Hall–Kier alpha value is -0.780. The molecule has 0 nitrogen and oxygen atoms in total. The predicted molar refractivity (Wildman–Crippen MR) is 70.8 cm³/mol. The van der Waals surface area contributed by atoms with Crippen molar-refractivity contribution in [3.63, 3.8) is 0 Å². The summed E-state index contributed by atoms with van der Waals surface area (Å²) in [7, 11) is 0. The van der Waals surface area contributed by atoms with Crippen LogP contribution in [0.2, 0.25) is 0 Å². The van der Waals surface area contributed by atoms with Gasteiger partial charge in [0.25, 0.3) is 0 Å². The molecule has 0 unspecified atom stereocenters. The zero-order valence-corrected chi connectivity index (χ0v) is 10.8. The zero-order chi connectivity index (χ0) is 11.4. The highest BCUT2D eigenvalue weighted by Crippen LogP contribution is 2.28. The van der Waals surface area contributed by atoms with Gasteiger partial charge in [-0.3, -0.25) is 0 Å². The smallest absolute Gasteiger partial charge is 0.0248 e. The summed E-state index contributed by atoms with van der Waals surface area (Å²) in [6.07, 6.45) is 9.79. The Morgan fingerprint density at radius 2 is 1.81 bits per heavy atom. The molecule has 1 aromatic carbocycles. The van der Waals surface area contributed by atoms with Crippen LogP contribution in [-0.4, -0.2) is 0 Å². The Kier molecular flexibility index (Phi) is 4.04. The number of benzene rings is 1. The molecule has 1 fully saturated rings. The Labute approximate surface area is 100 Å². The molecule has 1 saturated carbocycles. The van der Waals surface area contributed by atoms with Crippen LogP contribution in [0.5, 0.6) is 0 Å². The standard InChI is InChI=1S/C16H24/c1-3-15-11-13(2)9-10-16(15)12-14-7-5-4-6-8-14/h9-11,14H,3-8,12H2,1-2H3. The average molecular weight is 216 g/mol. The molecule has 0 N–H and O–H groups in total. The van der Waals surface area contributed by atoms with Gasteiger partial charge in [-0.1, -0.05) is 62.8 Å². The monoisotopic (exact) mass is 216 g/mol. The first-order valence-electron chi connectivity index (χ1n) is 6.88. The van der Waals surface area contributed by atoms with Gasteiger partial charge in [-0.15, -0.1) is 0 Å². The molecule has 0 aromatic heterocycles. The Balaban J connectivity index is 2.07. The van der Waals surface area contributed by atoms with Crippen LogP contribution in [0.1, 0.15) is 55.7 Å². The van der Waals surface area contributed by atoms with Crippen molar-refractivity contribution in [1.29, 1.82) is 0 Å². The molecule has 0 aliphatic heterocycles. The molecular formula is C16H24. The fourth-order valence-corrected chi connectivity index (χ4v) is 2.99. The van der Waals surface area contributed by atoms with E-state index in [0.717, 1.165) is 5.92 Å². The molecule has 2 rings (SSSR count).